The third kappa shape index (κ3) is 3.87. The number of nitrogens with one attached hydrogen (secondary N) is 1. The Morgan fingerprint density at radius 1 is 1.33 bits per heavy atom. The van der Waals surface area contributed by atoms with Gasteiger partial charge in [0, 0.05) is 13.7 Å². The number of ether oxygens (including phenoxy) is 1. The van der Waals surface area contributed by atoms with Crippen LogP contribution < -0.4 is 5.32 Å². The minimum Gasteiger partial charge on any atom is -0.481 e. The summed E-state index contributed by atoms with van der Waals surface area (Å²) in [6, 6.07) is 0. The zero-order valence-corrected chi connectivity index (χ0v) is 9.50. The van der Waals surface area contributed by atoms with Gasteiger partial charge in [-0.05, 0) is 12.8 Å². The van der Waals surface area contributed by atoms with Crippen LogP contribution in [-0.2, 0) is 14.3 Å². The Labute approximate surface area is 89.8 Å². The Balaban J connectivity index is 4.30. The Morgan fingerprint density at radius 3 is 2.20 bits per heavy atom. The molecule has 0 saturated heterocycles. The first-order valence-electron chi connectivity index (χ1n) is 5.01. The predicted octanol–water partition coefficient (Wildman–Crippen LogP) is 0.640. The highest BCUT2D eigenvalue weighted by Crippen LogP contribution is 2.25. The predicted molar refractivity (Wildman–Crippen MR) is 55.5 cm³/mol. The summed E-state index contributed by atoms with van der Waals surface area (Å²) >= 11 is 0. The molecule has 1 amide bonds. The fourth-order valence-electron chi connectivity index (χ4n) is 1.33. The van der Waals surface area contributed by atoms with E-state index in [9.17, 15) is 9.59 Å². The molecule has 0 aromatic rings. The molecule has 0 aliphatic heterocycles. The lowest BCUT2D eigenvalue weighted by molar-refractivity contribution is -0.149. The van der Waals surface area contributed by atoms with Gasteiger partial charge in [0.2, 0.25) is 5.91 Å². The maximum absolute atomic E-state index is 11.1. The second-order valence-electron chi connectivity index (χ2n) is 3.50. The first kappa shape index (κ1) is 13.9. The Hall–Kier alpha value is -1.10. The molecule has 0 aromatic heterocycles. The van der Waals surface area contributed by atoms with Crippen LogP contribution in [0.25, 0.3) is 0 Å². The van der Waals surface area contributed by atoms with Gasteiger partial charge in [0.15, 0.2) is 0 Å². The summed E-state index contributed by atoms with van der Waals surface area (Å²) in [4.78, 5) is 22.2. The van der Waals surface area contributed by atoms with Gasteiger partial charge in [-0.2, -0.15) is 0 Å². The molecule has 0 radical (unpaired) electrons. The fourth-order valence-corrected chi connectivity index (χ4v) is 1.33. The van der Waals surface area contributed by atoms with Crippen molar-refractivity contribution in [1.29, 1.82) is 0 Å². The largest absolute Gasteiger partial charge is 0.481 e. The van der Waals surface area contributed by atoms with Gasteiger partial charge in [-0.1, -0.05) is 13.8 Å². The van der Waals surface area contributed by atoms with Crippen molar-refractivity contribution in [1.82, 2.24) is 5.32 Å². The monoisotopic (exact) mass is 217 g/mol. The summed E-state index contributed by atoms with van der Waals surface area (Å²) in [6.45, 7) is 3.72. The van der Waals surface area contributed by atoms with E-state index in [1.54, 1.807) is 13.8 Å². The van der Waals surface area contributed by atoms with Crippen LogP contribution in [0.2, 0.25) is 0 Å². The summed E-state index contributed by atoms with van der Waals surface area (Å²) in [5.74, 6) is -1.16. The molecule has 88 valence electrons. The zero-order chi connectivity index (χ0) is 11.9. The summed E-state index contributed by atoms with van der Waals surface area (Å²) in [5.41, 5.74) is -0.858. The lowest BCUT2D eigenvalue weighted by Gasteiger charge is -2.26. The lowest BCUT2D eigenvalue weighted by Crippen LogP contribution is -2.43. The van der Waals surface area contributed by atoms with Crippen molar-refractivity contribution in [3.8, 4) is 0 Å². The highest BCUT2D eigenvalue weighted by molar-refractivity contribution is 5.79. The molecule has 0 saturated carbocycles. The molecule has 0 fully saturated rings. The molecule has 0 rings (SSSR count). The maximum atomic E-state index is 11.1. The molecule has 0 bridgehead atoms. The van der Waals surface area contributed by atoms with E-state index in [-0.39, 0.29) is 19.1 Å². The standard InChI is InChI=1S/C10H19NO4/c1-4-10(5-2,9(13)14)7-11-8(12)6-15-3/h4-7H2,1-3H3,(H,11,12)(H,13,14). The normalized spacial score (nSPS) is 11.1. The number of carboxylic acid groups (broad SMARTS) is 1. The zero-order valence-electron chi connectivity index (χ0n) is 9.50. The smallest absolute Gasteiger partial charge is 0.311 e. The molecule has 0 heterocycles. The molecule has 0 spiro atoms. The molecule has 0 aliphatic rings. The van der Waals surface area contributed by atoms with E-state index in [2.05, 4.69) is 10.1 Å². The first-order chi connectivity index (χ1) is 7.02. The molecule has 0 atom stereocenters. The van der Waals surface area contributed by atoms with Crippen LogP contribution in [0.5, 0.6) is 0 Å². The van der Waals surface area contributed by atoms with Crippen molar-refractivity contribution in [2.75, 3.05) is 20.3 Å². The van der Waals surface area contributed by atoms with Crippen molar-refractivity contribution >= 4 is 11.9 Å². The van der Waals surface area contributed by atoms with Gasteiger partial charge < -0.3 is 15.2 Å². The number of hydrogen-bond acceptors (Lipinski definition) is 3. The Kier molecular flexibility index (Phi) is 5.93. The van der Waals surface area contributed by atoms with Crippen LogP contribution in [-0.4, -0.2) is 37.2 Å². The third-order valence-electron chi connectivity index (χ3n) is 2.71. The molecule has 0 unspecified atom stereocenters. The van der Waals surface area contributed by atoms with Gasteiger partial charge in [-0.3, -0.25) is 9.59 Å². The number of rotatable bonds is 7. The Bertz CT molecular complexity index is 223. The van der Waals surface area contributed by atoms with Gasteiger partial charge in [0.1, 0.15) is 6.61 Å². The number of methoxy groups -OCH3 is 1. The van der Waals surface area contributed by atoms with E-state index in [1.807, 2.05) is 0 Å². The van der Waals surface area contributed by atoms with Crippen LogP contribution in [0.3, 0.4) is 0 Å². The molecule has 0 aromatic carbocycles. The van der Waals surface area contributed by atoms with Crippen molar-refractivity contribution in [3.63, 3.8) is 0 Å². The number of aliphatic carboxylic acids is 1. The molecular formula is C10H19NO4. The Morgan fingerprint density at radius 2 is 1.87 bits per heavy atom. The highest BCUT2D eigenvalue weighted by atomic mass is 16.5. The lowest BCUT2D eigenvalue weighted by atomic mass is 9.82. The average Bonchev–Trinajstić information content (AvgIpc) is 2.20. The number of carbonyl (C=O) groups excluding carboxylic acids is 1. The molecule has 0 aliphatic carbocycles. The topological polar surface area (TPSA) is 75.6 Å². The van der Waals surface area contributed by atoms with E-state index in [0.717, 1.165) is 0 Å². The van der Waals surface area contributed by atoms with Crippen LogP contribution in [0.4, 0.5) is 0 Å². The quantitative estimate of drug-likeness (QED) is 0.656. The van der Waals surface area contributed by atoms with Crippen molar-refractivity contribution < 1.29 is 19.4 Å². The van der Waals surface area contributed by atoms with Crippen LogP contribution >= 0.6 is 0 Å². The van der Waals surface area contributed by atoms with Gasteiger partial charge in [0.05, 0.1) is 5.41 Å². The number of amides is 1. The minimum absolute atomic E-state index is 0.0386. The second-order valence-corrected chi connectivity index (χ2v) is 3.50. The van der Waals surface area contributed by atoms with Gasteiger partial charge in [-0.15, -0.1) is 0 Å². The number of carbonyl (C=O) groups is 2. The SMILES string of the molecule is CCC(CC)(CNC(=O)COC)C(=O)O. The average molecular weight is 217 g/mol. The number of hydrogen-bond donors (Lipinski definition) is 2. The highest BCUT2D eigenvalue weighted by Gasteiger charge is 2.34. The van der Waals surface area contributed by atoms with Crippen molar-refractivity contribution in [3.05, 3.63) is 0 Å². The maximum Gasteiger partial charge on any atom is 0.311 e. The van der Waals surface area contributed by atoms with E-state index < -0.39 is 11.4 Å². The van der Waals surface area contributed by atoms with Gasteiger partial charge >= 0.3 is 5.97 Å². The summed E-state index contributed by atoms with van der Waals surface area (Å²) in [5, 5.41) is 11.6. The fraction of sp³-hybridized carbons (Fsp3) is 0.800. The van der Waals surface area contributed by atoms with E-state index >= 15 is 0 Å². The van der Waals surface area contributed by atoms with Gasteiger partial charge in [0.25, 0.3) is 0 Å². The van der Waals surface area contributed by atoms with E-state index in [1.165, 1.54) is 7.11 Å². The summed E-state index contributed by atoms with van der Waals surface area (Å²) < 4.78 is 4.64. The van der Waals surface area contributed by atoms with Crippen molar-refractivity contribution in [2.24, 2.45) is 5.41 Å². The van der Waals surface area contributed by atoms with Crippen LogP contribution in [0, 0.1) is 5.41 Å². The summed E-state index contributed by atoms with van der Waals surface area (Å²) in [7, 11) is 1.42. The van der Waals surface area contributed by atoms with Crippen molar-refractivity contribution in [2.45, 2.75) is 26.7 Å². The van der Waals surface area contributed by atoms with E-state index in [4.69, 9.17) is 5.11 Å². The third-order valence-corrected chi connectivity index (χ3v) is 2.71. The second kappa shape index (κ2) is 6.40. The number of carboxylic acids is 1. The van der Waals surface area contributed by atoms with Crippen LogP contribution in [0.15, 0.2) is 0 Å². The van der Waals surface area contributed by atoms with E-state index in [0.29, 0.717) is 12.8 Å². The van der Waals surface area contributed by atoms with Crippen LogP contribution in [0.1, 0.15) is 26.7 Å². The molecule has 15 heavy (non-hydrogen) atoms. The first-order valence-corrected chi connectivity index (χ1v) is 5.01. The molecule has 5 nitrogen and oxygen atoms in total. The van der Waals surface area contributed by atoms with Gasteiger partial charge in [-0.25, -0.2) is 0 Å². The molecular weight excluding hydrogens is 198 g/mol. The molecule has 2 N–H and O–H groups in total. The minimum atomic E-state index is -0.870. The summed E-state index contributed by atoms with van der Waals surface area (Å²) in [6.07, 6.45) is 0.984. The molecule has 5 heteroatoms.